The predicted octanol–water partition coefficient (Wildman–Crippen LogP) is 1.50. The van der Waals surface area contributed by atoms with Gasteiger partial charge in [-0.05, 0) is 13.8 Å². The zero-order valence-electron chi connectivity index (χ0n) is 10.4. The fourth-order valence-corrected chi connectivity index (χ4v) is 1.82. The first-order chi connectivity index (χ1) is 7.89. The zero-order chi connectivity index (χ0) is 12.9. The summed E-state index contributed by atoms with van der Waals surface area (Å²) >= 11 is 0. The molecule has 102 valence electrons. The molecule has 0 aromatic carbocycles. The van der Waals surface area contributed by atoms with E-state index in [1.54, 1.807) is 0 Å². The van der Waals surface area contributed by atoms with Crippen molar-refractivity contribution < 1.29 is 17.9 Å². The van der Waals surface area contributed by atoms with Crippen molar-refractivity contribution in [2.45, 2.75) is 26.1 Å². The quantitative estimate of drug-likeness (QED) is 0.822. The smallest absolute Gasteiger partial charge is 0.377 e. The van der Waals surface area contributed by atoms with Crippen molar-refractivity contribution in [3.63, 3.8) is 0 Å². The third kappa shape index (κ3) is 5.70. The van der Waals surface area contributed by atoms with Crippen molar-refractivity contribution in [3.8, 4) is 0 Å². The van der Waals surface area contributed by atoms with Crippen molar-refractivity contribution in [2.75, 3.05) is 39.3 Å². The van der Waals surface area contributed by atoms with Crippen LogP contribution in [0.3, 0.4) is 0 Å². The predicted molar refractivity (Wildman–Crippen MR) is 59.9 cm³/mol. The summed E-state index contributed by atoms with van der Waals surface area (Å²) in [6.45, 7) is 6.23. The maximum Gasteiger partial charge on any atom is 0.394 e. The Balaban J connectivity index is 2.38. The minimum Gasteiger partial charge on any atom is -0.377 e. The maximum atomic E-state index is 12.6. The fraction of sp³-hybridized carbons (Fsp3) is 1.00. The first-order valence-corrected chi connectivity index (χ1v) is 6.01. The van der Waals surface area contributed by atoms with E-state index >= 15 is 0 Å². The van der Waals surface area contributed by atoms with E-state index in [0.29, 0.717) is 26.2 Å². The van der Waals surface area contributed by atoms with Gasteiger partial charge >= 0.3 is 6.18 Å². The van der Waals surface area contributed by atoms with Crippen molar-refractivity contribution >= 4 is 0 Å². The topological polar surface area (TPSA) is 24.5 Å². The molecule has 0 saturated carbocycles. The van der Waals surface area contributed by atoms with Gasteiger partial charge in [0.1, 0.15) is 0 Å². The highest BCUT2D eigenvalue weighted by Gasteiger charge is 2.40. The molecule has 1 fully saturated rings. The first kappa shape index (κ1) is 14.7. The van der Waals surface area contributed by atoms with Crippen LogP contribution in [0.1, 0.15) is 13.8 Å². The SMILES string of the molecule is CC(C)OCCN1CCNCC(C(F)(F)F)C1. The number of nitrogens with one attached hydrogen (secondary N) is 1. The number of ether oxygens (including phenoxy) is 1. The molecule has 1 saturated heterocycles. The second-order valence-electron chi connectivity index (χ2n) is 4.66. The van der Waals surface area contributed by atoms with Crippen molar-refractivity contribution in [3.05, 3.63) is 0 Å². The highest BCUT2D eigenvalue weighted by atomic mass is 19.4. The Morgan fingerprint density at radius 2 is 2.12 bits per heavy atom. The summed E-state index contributed by atoms with van der Waals surface area (Å²) in [5, 5.41) is 2.83. The molecular formula is C11H21F3N2O. The third-order valence-corrected chi connectivity index (χ3v) is 2.80. The minimum atomic E-state index is -4.12. The van der Waals surface area contributed by atoms with Crippen LogP contribution in [-0.4, -0.2) is 56.5 Å². The van der Waals surface area contributed by atoms with Crippen LogP contribution in [0.2, 0.25) is 0 Å². The number of hydrogen-bond donors (Lipinski definition) is 1. The van der Waals surface area contributed by atoms with E-state index < -0.39 is 12.1 Å². The lowest BCUT2D eigenvalue weighted by molar-refractivity contribution is -0.176. The molecule has 0 amide bonds. The molecule has 0 aromatic rings. The van der Waals surface area contributed by atoms with Crippen LogP contribution in [0.25, 0.3) is 0 Å². The van der Waals surface area contributed by atoms with Gasteiger partial charge in [-0.1, -0.05) is 0 Å². The number of alkyl halides is 3. The van der Waals surface area contributed by atoms with Crippen LogP contribution in [0, 0.1) is 5.92 Å². The molecule has 0 bridgehead atoms. The van der Waals surface area contributed by atoms with Crippen LogP contribution < -0.4 is 5.32 Å². The first-order valence-electron chi connectivity index (χ1n) is 6.01. The van der Waals surface area contributed by atoms with Crippen molar-refractivity contribution in [2.24, 2.45) is 5.92 Å². The van der Waals surface area contributed by atoms with Crippen molar-refractivity contribution in [1.82, 2.24) is 10.2 Å². The average molecular weight is 254 g/mol. The molecule has 1 unspecified atom stereocenters. The van der Waals surface area contributed by atoms with Gasteiger partial charge in [-0.2, -0.15) is 13.2 Å². The van der Waals surface area contributed by atoms with E-state index in [0.717, 1.165) is 0 Å². The van der Waals surface area contributed by atoms with Gasteiger partial charge in [-0.3, -0.25) is 4.90 Å². The van der Waals surface area contributed by atoms with Gasteiger partial charge in [-0.25, -0.2) is 0 Å². The Morgan fingerprint density at radius 3 is 2.71 bits per heavy atom. The summed E-state index contributed by atoms with van der Waals surface area (Å²) in [7, 11) is 0. The van der Waals surface area contributed by atoms with Crippen LogP contribution in [-0.2, 0) is 4.74 Å². The van der Waals surface area contributed by atoms with E-state index in [4.69, 9.17) is 4.74 Å². The lowest BCUT2D eigenvalue weighted by atomic mass is 10.1. The molecule has 1 aliphatic heterocycles. The van der Waals surface area contributed by atoms with E-state index in [2.05, 4.69) is 5.32 Å². The van der Waals surface area contributed by atoms with E-state index in [9.17, 15) is 13.2 Å². The van der Waals surface area contributed by atoms with Gasteiger partial charge in [-0.15, -0.1) is 0 Å². The van der Waals surface area contributed by atoms with Gasteiger partial charge in [0.05, 0.1) is 18.6 Å². The van der Waals surface area contributed by atoms with E-state index in [1.807, 2.05) is 18.7 Å². The number of nitrogens with zero attached hydrogens (tertiary/aromatic N) is 1. The van der Waals surface area contributed by atoms with E-state index in [-0.39, 0.29) is 19.2 Å². The van der Waals surface area contributed by atoms with Gasteiger partial charge < -0.3 is 10.1 Å². The molecule has 1 N–H and O–H groups in total. The van der Waals surface area contributed by atoms with Gasteiger partial charge in [0.25, 0.3) is 0 Å². The Morgan fingerprint density at radius 1 is 1.41 bits per heavy atom. The normalized spacial score (nSPS) is 24.0. The van der Waals surface area contributed by atoms with Gasteiger partial charge in [0.15, 0.2) is 0 Å². The second kappa shape index (κ2) is 6.56. The van der Waals surface area contributed by atoms with Crippen LogP contribution in [0.15, 0.2) is 0 Å². The average Bonchev–Trinajstić information content (AvgIpc) is 2.41. The molecule has 1 atom stereocenters. The summed E-state index contributed by atoms with van der Waals surface area (Å²) in [6.07, 6.45) is -3.99. The fourth-order valence-electron chi connectivity index (χ4n) is 1.82. The Hall–Kier alpha value is -0.330. The molecule has 1 aliphatic rings. The molecule has 0 spiro atoms. The lowest BCUT2D eigenvalue weighted by Gasteiger charge is -2.25. The Bertz CT molecular complexity index is 221. The van der Waals surface area contributed by atoms with Crippen molar-refractivity contribution in [1.29, 1.82) is 0 Å². The third-order valence-electron chi connectivity index (χ3n) is 2.80. The monoisotopic (exact) mass is 254 g/mol. The van der Waals surface area contributed by atoms with Gasteiger partial charge in [0.2, 0.25) is 0 Å². The minimum absolute atomic E-state index is 0.0189. The largest absolute Gasteiger partial charge is 0.394 e. The standard InChI is InChI=1S/C11H21F3N2O/c1-9(2)17-6-5-16-4-3-15-7-10(8-16)11(12,13)14/h9-10,15H,3-8H2,1-2H3. The van der Waals surface area contributed by atoms with Crippen LogP contribution in [0.5, 0.6) is 0 Å². The summed E-state index contributed by atoms with van der Waals surface area (Å²) < 4.78 is 43.3. The summed E-state index contributed by atoms with van der Waals surface area (Å²) in [5.41, 5.74) is 0. The van der Waals surface area contributed by atoms with Crippen LogP contribution >= 0.6 is 0 Å². The summed E-state index contributed by atoms with van der Waals surface area (Å²) in [6, 6.07) is 0. The molecule has 0 aliphatic carbocycles. The molecule has 1 heterocycles. The summed E-state index contributed by atoms with van der Waals surface area (Å²) in [4.78, 5) is 1.82. The molecule has 3 nitrogen and oxygen atoms in total. The maximum absolute atomic E-state index is 12.6. The molecule has 0 radical (unpaired) electrons. The van der Waals surface area contributed by atoms with Gasteiger partial charge in [0, 0.05) is 32.7 Å². The highest BCUT2D eigenvalue weighted by Crippen LogP contribution is 2.27. The molecule has 6 heteroatoms. The van der Waals surface area contributed by atoms with Crippen LogP contribution in [0.4, 0.5) is 13.2 Å². The number of hydrogen-bond acceptors (Lipinski definition) is 3. The lowest BCUT2D eigenvalue weighted by Crippen LogP contribution is -2.39. The second-order valence-corrected chi connectivity index (χ2v) is 4.66. The molecule has 1 rings (SSSR count). The Kier molecular flexibility index (Phi) is 5.69. The molecule has 0 aromatic heterocycles. The molecule has 17 heavy (non-hydrogen) atoms. The number of rotatable bonds is 4. The number of halogens is 3. The molecular weight excluding hydrogens is 233 g/mol. The van der Waals surface area contributed by atoms with E-state index in [1.165, 1.54) is 0 Å². The highest BCUT2D eigenvalue weighted by molar-refractivity contribution is 4.78. The Labute approximate surface area is 100 Å². The zero-order valence-corrected chi connectivity index (χ0v) is 10.4. The summed E-state index contributed by atoms with van der Waals surface area (Å²) in [5.74, 6) is -1.27.